The SMILES string of the molecule is COCC(=O)[C@H](C)C[C@H](C)/C=C/C=C/C=C(\C)[C@H](C[C@@H]1CC[C@@H](C)[C@](O)(C(=O)C(=O)N2CCCC[C@H]2C(=O)O[C@@H](CC(=O)[C@H](C)/C=C(\C)C=O)[C@H](C)C[C@@H]2CC[C@@H](O[Si](C(C)C)(C(C)C)C(C)C)[C@H](OC)C2)O1)OC. The number of rotatable bonds is 30. The van der Waals surface area contributed by atoms with Crippen LogP contribution in [0.15, 0.2) is 47.6 Å². The van der Waals surface area contributed by atoms with Gasteiger partial charge >= 0.3 is 5.97 Å². The van der Waals surface area contributed by atoms with Crippen LogP contribution in [0.1, 0.15) is 167 Å². The van der Waals surface area contributed by atoms with Crippen molar-refractivity contribution < 1.29 is 62.0 Å². The molecule has 14 nitrogen and oxygen atoms in total. The minimum absolute atomic E-state index is 0.0279. The number of amides is 1. The summed E-state index contributed by atoms with van der Waals surface area (Å²) in [5, 5.41) is 12.1. The van der Waals surface area contributed by atoms with E-state index >= 15 is 0 Å². The molecule has 0 spiro atoms. The van der Waals surface area contributed by atoms with Crippen LogP contribution in [0.4, 0.5) is 0 Å². The second-order valence-electron chi connectivity index (χ2n) is 23.5. The quantitative estimate of drug-likeness (QED) is 0.0179. The normalized spacial score (nSPS) is 26.9. The highest BCUT2D eigenvalue weighted by molar-refractivity contribution is 6.77. The molecule has 1 aliphatic carbocycles. The van der Waals surface area contributed by atoms with Crippen LogP contribution >= 0.6 is 0 Å². The van der Waals surface area contributed by atoms with Gasteiger partial charge in [-0.1, -0.05) is 113 Å². The van der Waals surface area contributed by atoms with E-state index in [2.05, 4.69) is 48.5 Å². The minimum atomic E-state index is -2.44. The Labute approximate surface area is 452 Å². The third kappa shape index (κ3) is 18.3. The number of allylic oxidation sites excluding steroid dienone is 7. The molecule has 0 aromatic carbocycles. The minimum Gasteiger partial charge on any atom is -0.460 e. The van der Waals surface area contributed by atoms with Gasteiger partial charge in [-0.3, -0.25) is 24.0 Å². The van der Waals surface area contributed by atoms with Crippen LogP contribution in [-0.4, -0.2) is 131 Å². The lowest BCUT2D eigenvalue weighted by Crippen LogP contribution is -2.61. The summed E-state index contributed by atoms with van der Waals surface area (Å²) >= 11 is 0. The van der Waals surface area contributed by atoms with Crippen molar-refractivity contribution in [2.75, 3.05) is 34.5 Å². The predicted molar refractivity (Wildman–Crippen MR) is 296 cm³/mol. The molecular formula is C60H99NO13Si. The van der Waals surface area contributed by atoms with Gasteiger partial charge in [0.2, 0.25) is 14.1 Å². The topological polar surface area (TPSA) is 181 Å². The van der Waals surface area contributed by atoms with E-state index in [0.717, 1.165) is 31.3 Å². The first-order valence-corrected chi connectivity index (χ1v) is 30.3. The molecule has 3 rings (SSSR count). The van der Waals surface area contributed by atoms with Gasteiger partial charge in [-0.2, -0.15) is 0 Å². The molecule has 0 bridgehead atoms. The summed E-state index contributed by atoms with van der Waals surface area (Å²) < 4.78 is 36.8. The maximum atomic E-state index is 14.5. The highest BCUT2D eigenvalue weighted by atomic mass is 28.4. The van der Waals surface area contributed by atoms with E-state index in [1.165, 1.54) is 12.0 Å². The molecule has 1 saturated carbocycles. The van der Waals surface area contributed by atoms with Crippen LogP contribution in [0.5, 0.6) is 0 Å². The number of ketones is 3. The average molecular weight is 1070 g/mol. The van der Waals surface area contributed by atoms with Gasteiger partial charge in [-0.25, -0.2) is 4.79 Å². The monoisotopic (exact) mass is 1070 g/mol. The van der Waals surface area contributed by atoms with Crippen molar-refractivity contribution in [1.29, 1.82) is 0 Å². The van der Waals surface area contributed by atoms with Crippen LogP contribution in [0.2, 0.25) is 16.6 Å². The van der Waals surface area contributed by atoms with E-state index in [1.807, 2.05) is 51.2 Å². The number of methoxy groups -OCH3 is 3. The van der Waals surface area contributed by atoms with E-state index in [9.17, 15) is 33.9 Å². The molecule has 2 aliphatic heterocycles. The molecular weight excluding hydrogens is 971 g/mol. The second-order valence-corrected chi connectivity index (χ2v) is 28.9. The molecule has 2 saturated heterocycles. The van der Waals surface area contributed by atoms with E-state index < -0.39 is 68.0 Å². The number of carbonyl (C=O) groups excluding carboxylic acids is 6. The summed E-state index contributed by atoms with van der Waals surface area (Å²) in [5.41, 5.74) is 2.62. The smallest absolute Gasteiger partial charge is 0.329 e. The Balaban J connectivity index is 1.79. The predicted octanol–water partition coefficient (Wildman–Crippen LogP) is 10.8. The van der Waals surface area contributed by atoms with Crippen LogP contribution in [-0.2, 0) is 56.9 Å². The first-order valence-electron chi connectivity index (χ1n) is 28.2. The number of esters is 1. The fourth-order valence-electron chi connectivity index (χ4n) is 12.2. The van der Waals surface area contributed by atoms with Gasteiger partial charge in [0, 0.05) is 58.5 Å². The molecule has 0 unspecified atom stereocenters. The molecule has 13 atom stereocenters. The summed E-state index contributed by atoms with van der Waals surface area (Å²) in [7, 11) is 2.67. The van der Waals surface area contributed by atoms with Crippen LogP contribution < -0.4 is 0 Å². The number of nitrogens with zero attached hydrogens (tertiary/aromatic N) is 1. The van der Waals surface area contributed by atoms with Gasteiger partial charge < -0.3 is 38.1 Å². The molecule has 1 amide bonds. The molecule has 0 aromatic heterocycles. The van der Waals surface area contributed by atoms with Gasteiger partial charge in [-0.15, -0.1) is 0 Å². The van der Waals surface area contributed by atoms with Gasteiger partial charge in [0.05, 0.1) is 24.4 Å². The number of Topliss-reactive ketones (excluding diaryl/α,β-unsaturated/α-hetero) is 3. The first-order chi connectivity index (χ1) is 35.3. The Kier molecular flexibility index (Phi) is 27.4. The number of hydrogen-bond donors (Lipinski definition) is 1. The Morgan fingerprint density at radius 3 is 2.08 bits per heavy atom. The molecule has 15 heteroatoms. The first kappa shape index (κ1) is 65.8. The van der Waals surface area contributed by atoms with E-state index in [-0.39, 0.29) is 73.4 Å². The van der Waals surface area contributed by atoms with Crippen molar-refractivity contribution in [3.05, 3.63) is 47.6 Å². The zero-order chi connectivity index (χ0) is 56.4. The molecule has 426 valence electrons. The van der Waals surface area contributed by atoms with Crippen LogP contribution in [0.3, 0.4) is 0 Å². The summed E-state index contributed by atoms with van der Waals surface area (Å²) in [6.45, 7) is 26.9. The lowest BCUT2D eigenvalue weighted by Gasteiger charge is -2.48. The largest absolute Gasteiger partial charge is 0.460 e. The van der Waals surface area contributed by atoms with Gasteiger partial charge in [0.25, 0.3) is 11.7 Å². The molecule has 0 radical (unpaired) electrons. The van der Waals surface area contributed by atoms with Crippen molar-refractivity contribution in [3.8, 4) is 0 Å². The third-order valence-electron chi connectivity index (χ3n) is 16.8. The number of hydrogen-bond acceptors (Lipinski definition) is 13. The van der Waals surface area contributed by atoms with E-state index in [0.29, 0.717) is 67.0 Å². The Bertz CT molecular complexity index is 1970. The maximum Gasteiger partial charge on any atom is 0.329 e. The van der Waals surface area contributed by atoms with Crippen molar-refractivity contribution in [2.24, 2.45) is 35.5 Å². The average Bonchev–Trinajstić information content (AvgIpc) is 3.36. The third-order valence-corrected chi connectivity index (χ3v) is 22.9. The van der Waals surface area contributed by atoms with E-state index in [1.54, 1.807) is 41.1 Å². The lowest BCUT2D eigenvalue weighted by molar-refractivity contribution is -0.265. The molecule has 2 heterocycles. The number of ether oxygens (including phenoxy) is 5. The van der Waals surface area contributed by atoms with Crippen molar-refractivity contribution in [2.45, 2.75) is 226 Å². The second kappa shape index (κ2) is 31.2. The van der Waals surface area contributed by atoms with Crippen molar-refractivity contribution >= 4 is 43.8 Å². The van der Waals surface area contributed by atoms with Crippen molar-refractivity contribution in [3.63, 3.8) is 0 Å². The lowest BCUT2D eigenvalue weighted by atomic mass is 9.78. The van der Waals surface area contributed by atoms with Gasteiger partial charge in [0.1, 0.15) is 30.8 Å². The number of likely N-dealkylation sites (tertiary alicyclic amines) is 1. The number of aliphatic hydroxyl groups is 1. The van der Waals surface area contributed by atoms with Gasteiger partial charge in [-0.05, 0) is 124 Å². The van der Waals surface area contributed by atoms with E-state index in [4.69, 9.17) is 28.1 Å². The highest BCUT2D eigenvalue weighted by Crippen LogP contribution is 2.46. The molecule has 3 aliphatic rings. The maximum absolute atomic E-state index is 14.5. The fraction of sp³-hybridized carbons (Fsp3) is 0.767. The summed E-state index contributed by atoms with van der Waals surface area (Å²) in [5.74, 6) is -6.67. The van der Waals surface area contributed by atoms with Crippen molar-refractivity contribution in [1.82, 2.24) is 4.90 Å². The zero-order valence-electron chi connectivity index (χ0n) is 48.9. The fourth-order valence-corrected chi connectivity index (χ4v) is 17.8. The molecule has 0 aromatic rings. The molecule has 1 N–H and O–H groups in total. The van der Waals surface area contributed by atoms with Crippen LogP contribution in [0, 0.1) is 35.5 Å². The number of piperidine rings is 1. The highest BCUT2D eigenvalue weighted by Gasteiger charge is 2.53. The molecule has 75 heavy (non-hydrogen) atoms. The van der Waals surface area contributed by atoms with Gasteiger partial charge in [0.15, 0.2) is 5.78 Å². The Morgan fingerprint density at radius 2 is 1.48 bits per heavy atom. The Morgan fingerprint density at radius 1 is 0.813 bits per heavy atom. The standard InChI is InChI=1S/C60H99NO13Si/c1-38(2)75(39(3)4,40(5)6)74-53-28-26-48(33-56(53)71-16)32-46(12)55(35-51(63)44(10)31-42(8)36-62)72-59(67)50-24-20-21-29-61(50)58(66)57(65)60(68)47(13)25-27-49(73-60)34-54(70-15)43(9)23-19-17-18-22-41(7)30-45(11)52(64)37-69-14/h17-19,22-23,31,36,38-41,44-50,53-56,68H,20-21,24-30,32-35,37H2,1-16H3/b19-17+,22-18+,42-31+,43-23+/t41-,44-,45-,46-,47-,48+,49+,50+,53-,54+,55+,56-,60-/m1/s1. The molecule has 3 fully saturated rings. The summed E-state index contributed by atoms with van der Waals surface area (Å²) in [6, 6.07) is -1.11. The summed E-state index contributed by atoms with van der Waals surface area (Å²) in [4.78, 5) is 81.9. The number of carbonyl (C=O) groups is 6. The van der Waals surface area contributed by atoms with Crippen LogP contribution in [0.25, 0.3) is 0 Å². The Hall–Kier alpha value is -3.44. The summed E-state index contributed by atoms with van der Waals surface area (Å²) in [6.07, 6.45) is 16.4. The number of aldehydes is 1. The zero-order valence-corrected chi connectivity index (χ0v) is 49.9.